The normalized spacial score (nSPS) is 26.8. The quantitative estimate of drug-likeness (QED) is 0.884. The fourth-order valence-electron chi connectivity index (χ4n) is 3.16. The Morgan fingerprint density at radius 1 is 1.52 bits per heavy atom. The first kappa shape index (κ1) is 15.2. The number of anilines is 1. The molecule has 0 saturated carbocycles. The van der Waals surface area contributed by atoms with Crippen molar-refractivity contribution in [2.75, 3.05) is 11.1 Å². The van der Waals surface area contributed by atoms with E-state index >= 15 is 0 Å². The van der Waals surface area contributed by atoms with Crippen molar-refractivity contribution in [2.45, 2.75) is 30.7 Å². The van der Waals surface area contributed by atoms with Gasteiger partial charge in [-0.15, -0.1) is 11.8 Å². The van der Waals surface area contributed by atoms with Crippen molar-refractivity contribution in [3.8, 4) is 0 Å². The number of carbonyl (C=O) groups is 2. The lowest BCUT2D eigenvalue weighted by Gasteiger charge is -2.29. The topological polar surface area (TPSA) is 62.3 Å². The maximum absolute atomic E-state index is 12.6. The maximum atomic E-state index is 12.6. The van der Waals surface area contributed by atoms with Crippen LogP contribution < -0.4 is 5.32 Å². The van der Waals surface area contributed by atoms with E-state index in [0.29, 0.717) is 22.3 Å². The summed E-state index contributed by atoms with van der Waals surface area (Å²) in [4.78, 5) is 30.6. The van der Waals surface area contributed by atoms with Crippen LogP contribution in [0.3, 0.4) is 0 Å². The van der Waals surface area contributed by atoms with E-state index in [1.807, 2.05) is 19.1 Å². The Labute approximate surface area is 146 Å². The number of amides is 2. The van der Waals surface area contributed by atoms with Gasteiger partial charge in [0.25, 0.3) is 0 Å². The molecule has 8 heteroatoms. The number of fused-ring (bicyclic) bond motifs is 2. The average Bonchev–Trinajstić information content (AvgIpc) is 3.12. The second-order valence-electron chi connectivity index (χ2n) is 5.89. The molecular formula is C15H14ClN3O2S2. The smallest absolute Gasteiger partial charge is 0.249 e. The Bertz CT molecular complexity index is 824. The molecule has 23 heavy (non-hydrogen) atoms. The molecule has 1 aromatic carbocycles. The van der Waals surface area contributed by atoms with Gasteiger partial charge in [0.1, 0.15) is 6.04 Å². The number of thioether (sulfide) groups is 1. The largest absolute Gasteiger partial charge is 0.315 e. The summed E-state index contributed by atoms with van der Waals surface area (Å²) in [7, 11) is 0. The van der Waals surface area contributed by atoms with E-state index in [1.165, 1.54) is 11.3 Å². The van der Waals surface area contributed by atoms with Gasteiger partial charge in [-0.1, -0.05) is 22.9 Å². The minimum atomic E-state index is -0.421. The van der Waals surface area contributed by atoms with Crippen LogP contribution in [0.5, 0.6) is 0 Å². The van der Waals surface area contributed by atoms with Gasteiger partial charge < -0.3 is 10.2 Å². The van der Waals surface area contributed by atoms with E-state index in [0.717, 1.165) is 16.6 Å². The van der Waals surface area contributed by atoms with Gasteiger partial charge in [0.15, 0.2) is 5.13 Å². The molecule has 0 aliphatic carbocycles. The average molecular weight is 368 g/mol. The van der Waals surface area contributed by atoms with E-state index < -0.39 is 6.04 Å². The van der Waals surface area contributed by atoms with Crippen LogP contribution in [-0.2, 0) is 9.59 Å². The SMILES string of the molecule is C[C@]12CCC(=O)N1[C@H](C(=O)Nc1nc3ccc(Cl)cc3s1)CS2. The summed E-state index contributed by atoms with van der Waals surface area (Å²) in [6.07, 6.45) is 1.33. The van der Waals surface area contributed by atoms with Crippen LogP contribution in [0.2, 0.25) is 5.02 Å². The third-order valence-corrected chi connectivity index (χ3v) is 7.00. The highest BCUT2D eigenvalue weighted by Gasteiger charge is 2.52. The van der Waals surface area contributed by atoms with Crippen molar-refractivity contribution < 1.29 is 9.59 Å². The van der Waals surface area contributed by atoms with Gasteiger partial charge in [-0.05, 0) is 31.5 Å². The molecule has 0 unspecified atom stereocenters. The molecule has 3 heterocycles. The lowest BCUT2D eigenvalue weighted by molar-refractivity contribution is -0.135. The predicted octanol–water partition coefficient (Wildman–Crippen LogP) is 3.34. The minimum absolute atomic E-state index is 0.0636. The monoisotopic (exact) mass is 367 g/mol. The predicted molar refractivity (Wildman–Crippen MR) is 94.0 cm³/mol. The number of halogens is 1. The number of rotatable bonds is 2. The van der Waals surface area contributed by atoms with Crippen LogP contribution in [0.25, 0.3) is 10.2 Å². The van der Waals surface area contributed by atoms with Gasteiger partial charge in [0.2, 0.25) is 11.8 Å². The molecule has 1 N–H and O–H groups in total. The third kappa shape index (κ3) is 2.51. The summed E-state index contributed by atoms with van der Waals surface area (Å²) in [6.45, 7) is 2.04. The van der Waals surface area contributed by atoms with E-state index in [1.54, 1.807) is 22.7 Å². The Balaban J connectivity index is 1.56. The Morgan fingerprint density at radius 2 is 2.35 bits per heavy atom. The number of thiazole rings is 1. The molecule has 5 nitrogen and oxygen atoms in total. The van der Waals surface area contributed by atoms with Crippen molar-refractivity contribution in [1.82, 2.24) is 9.88 Å². The van der Waals surface area contributed by atoms with Crippen LogP contribution >= 0.6 is 34.7 Å². The molecule has 0 radical (unpaired) electrons. The highest BCUT2D eigenvalue weighted by molar-refractivity contribution is 8.01. The van der Waals surface area contributed by atoms with Crippen molar-refractivity contribution in [3.63, 3.8) is 0 Å². The first-order valence-electron chi connectivity index (χ1n) is 7.29. The number of nitrogens with zero attached hydrogens (tertiary/aromatic N) is 2. The fourth-order valence-corrected chi connectivity index (χ4v) is 5.73. The summed E-state index contributed by atoms with van der Waals surface area (Å²) < 4.78 is 0.927. The summed E-state index contributed by atoms with van der Waals surface area (Å²) in [5, 5.41) is 4.04. The number of carbonyl (C=O) groups excluding carboxylic acids is 2. The number of hydrogen-bond donors (Lipinski definition) is 1. The number of aromatic nitrogens is 1. The van der Waals surface area contributed by atoms with Crippen molar-refractivity contribution in [1.29, 1.82) is 0 Å². The number of benzene rings is 1. The van der Waals surface area contributed by atoms with Crippen LogP contribution in [0.1, 0.15) is 19.8 Å². The van der Waals surface area contributed by atoms with E-state index in [9.17, 15) is 9.59 Å². The molecule has 1 aromatic heterocycles. The van der Waals surface area contributed by atoms with Gasteiger partial charge in [0, 0.05) is 17.2 Å². The Hall–Kier alpha value is -1.31. The summed E-state index contributed by atoms with van der Waals surface area (Å²) >= 11 is 9.04. The van der Waals surface area contributed by atoms with Gasteiger partial charge in [-0.25, -0.2) is 4.98 Å². The molecule has 2 aliphatic rings. The molecule has 2 aliphatic heterocycles. The molecular weight excluding hydrogens is 354 g/mol. The summed E-state index contributed by atoms with van der Waals surface area (Å²) in [5.41, 5.74) is 0.803. The highest BCUT2D eigenvalue weighted by atomic mass is 35.5. The Kier molecular flexibility index (Phi) is 3.55. The minimum Gasteiger partial charge on any atom is -0.315 e. The fraction of sp³-hybridized carbons (Fsp3) is 0.400. The van der Waals surface area contributed by atoms with E-state index in [-0.39, 0.29) is 16.7 Å². The Morgan fingerprint density at radius 3 is 3.17 bits per heavy atom. The van der Waals surface area contributed by atoms with Crippen LogP contribution in [0.15, 0.2) is 18.2 Å². The van der Waals surface area contributed by atoms with Crippen molar-refractivity contribution in [2.24, 2.45) is 0 Å². The van der Waals surface area contributed by atoms with Crippen molar-refractivity contribution in [3.05, 3.63) is 23.2 Å². The molecule has 2 saturated heterocycles. The van der Waals surface area contributed by atoms with Crippen LogP contribution in [-0.4, -0.2) is 38.4 Å². The molecule has 0 spiro atoms. The van der Waals surface area contributed by atoms with E-state index in [2.05, 4.69) is 10.3 Å². The zero-order chi connectivity index (χ0) is 16.2. The standard InChI is InChI=1S/C15H14ClN3O2S2/c1-15-5-4-12(20)19(15)10(7-22-15)13(21)18-14-17-9-3-2-8(16)6-11(9)23-14/h2-3,6,10H,4-5,7H2,1H3,(H,17,18,21)/t10-,15-/m0/s1. The molecule has 120 valence electrons. The molecule has 2 amide bonds. The molecule has 2 aromatic rings. The molecule has 2 fully saturated rings. The zero-order valence-corrected chi connectivity index (χ0v) is 14.7. The van der Waals surface area contributed by atoms with Gasteiger partial charge in [0.05, 0.1) is 15.1 Å². The van der Waals surface area contributed by atoms with E-state index in [4.69, 9.17) is 11.6 Å². The first-order valence-corrected chi connectivity index (χ1v) is 9.47. The third-order valence-electron chi connectivity index (χ3n) is 4.33. The van der Waals surface area contributed by atoms with Gasteiger partial charge in [-0.3, -0.25) is 9.59 Å². The second kappa shape index (κ2) is 5.36. The summed E-state index contributed by atoms with van der Waals surface area (Å²) in [6, 6.07) is 5.01. The lowest BCUT2D eigenvalue weighted by Crippen LogP contribution is -2.48. The first-order chi connectivity index (χ1) is 11.0. The number of nitrogens with one attached hydrogen (secondary N) is 1. The van der Waals surface area contributed by atoms with Crippen LogP contribution in [0, 0.1) is 0 Å². The molecule has 0 bridgehead atoms. The molecule has 2 atom stereocenters. The summed E-state index contributed by atoms with van der Waals surface area (Å²) in [5.74, 6) is 0.528. The van der Waals surface area contributed by atoms with Gasteiger partial charge >= 0.3 is 0 Å². The second-order valence-corrected chi connectivity index (χ2v) is 8.85. The molecule has 4 rings (SSSR count). The number of hydrogen-bond acceptors (Lipinski definition) is 5. The van der Waals surface area contributed by atoms with Gasteiger partial charge in [-0.2, -0.15) is 0 Å². The van der Waals surface area contributed by atoms with Crippen LogP contribution in [0.4, 0.5) is 5.13 Å². The lowest BCUT2D eigenvalue weighted by atomic mass is 10.2. The highest BCUT2D eigenvalue weighted by Crippen LogP contribution is 2.47. The zero-order valence-electron chi connectivity index (χ0n) is 12.3. The van der Waals surface area contributed by atoms with Crippen molar-refractivity contribution >= 4 is 61.9 Å². The maximum Gasteiger partial charge on any atom is 0.249 e.